The minimum atomic E-state index is -0.363. The summed E-state index contributed by atoms with van der Waals surface area (Å²) in [7, 11) is 0. The van der Waals surface area contributed by atoms with E-state index in [-0.39, 0.29) is 11.7 Å². The maximum absolute atomic E-state index is 12.3. The van der Waals surface area contributed by atoms with Crippen LogP contribution in [0.25, 0.3) is 0 Å². The number of carbonyl (C=O) groups excluding carboxylic acids is 2. The highest BCUT2D eigenvalue weighted by Crippen LogP contribution is 2.21. The Morgan fingerprint density at radius 1 is 0.852 bits per heavy atom. The van der Waals surface area contributed by atoms with E-state index in [1.165, 1.54) is 0 Å². The summed E-state index contributed by atoms with van der Waals surface area (Å²) in [6.45, 7) is 0.480. The molecule has 0 aliphatic heterocycles. The van der Waals surface area contributed by atoms with Gasteiger partial charge in [0, 0.05) is 24.8 Å². The molecule has 0 radical (unpaired) electrons. The van der Waals surface area contributed by atoms with Crippen molar-refractivity contribution < 1.29 is 19.5 Å². The van der Waals surface area contributed by atoms with Crippen molar-refractivity contribution in [3.63, 3.8) is 0 Å². The van der Waals surface area contributed by atoms with Gasteiger partial charge < -0.3 is 4.74 Å². The summed E-state index contributed by atoms with van der Waals surface area (Å²) in [5.74, 6) is 0.585. The second kappa shape index (κ2) is 11.9. The molecule has 0 heterocycles. The molecule has 0 saturated carbocycles. The van der Waals surface area contributed by atoms with E-state index in [1.807, 2.05) is 54.6 Å². The van der Waals surface area contributed by atoms with Crippen LogP contribution in [0, 0.1) is 0 Å². The van der Waals surface area contributed by atoms with E-state index in [0.717, 1.165) is 42.6 Å². The molecule has 1 amide bonds. The lowest BCUT2D eigenvalue weighted by Crippen LogP contribution is -2.17. The maximum Gasteiger partial charge on any atom is 0.243 e. The van der Waals surface area contributed by atoms with Gasteiger partial charge >= 0.3 is 0 Å². The van der Waals surface area contributed by atoms with Gasteiger partial charge in [0.1, 0.15) is 18.1 Å². The van der Waals surface area contributed by atoms with Crippen molar-refractivity contribution in [2.75, 3.05) is 0 Å². The van der Waals surface area contributed by atoms with Crippen LogP contribution in [0.1, 0.15) is 49.7 Å². The van der Waals surface area contributed by atoms with Crippen LogP contribution >= 0.6 is 0 Å². The van der Waals surface area contributed by atoms with Crippen molar-refractivity contribution in [3.05, 3.63) is 65.7 Å². The van der Waals surface area contributed by atoms with E-state index in [2.05, 4.69) is 0 Å². The van der Waals surface area contributed by atoms with Gasteiger partial charge in [0.2, 0.25) is 5.91 Å². The van der Waals surface area contributed by atoms with Gasteiger partial charge in [0.05, 0.1) is 0 Å². The number of ether oxygens (including phenoxy) is 1. The summed E-state index contributed by atoms with van der Waals surface area (Å²) in [6, 6.07) is 17.6. The number of hydrogen-bond acceptors (Lipinski definition) is 4. The van der Waals surface area contributed by atoms with Gasteiger partial charge in [0.25, 0.3) is 0 Å². The lowest BCUT2D eigenvalue weighted by atomic mass is 10.0. The molecule has 2 aromatic rings. The van der Waals surface area contributed by atoms with E-state index >= 15 is 0 Å². The number of para-hydroxylation sites is 1. The molecule has 0 fully saturated rings. The molecule has 2 N–H and O–H groups in total. The van der Waals surface area contributed by atoms with Gasteiger partial charge in [-0.05, 0) is 24.5 Å². The third-order valence-corrected chi connectivity index (χ3v) is 4.33. The first-order valence-electron chi connectivity index (χ1n) is 9.38. The largest absolute Gasteiger partial charge is 0.489 e. The number of carbonyl (C=O) groups is 2. The minimum Gasteiger partial charge on any atom is -0.489 e. The van der Waals surface area contributed by atoms with Crippen LogP contribution in [0.3, 0.4) is 0 Å². The lowest BCUT2D eigenvalue weighted by molar-refractivity contribution is -0.129. The van der Waals surface area contributed by atoms with Crippen LogP contribution in [0.2, 0.25) is 0 Å². The molecule has 0 aromatic heterocycles. The van der Waals surface area contributed by atoms with Gasteiger partial charge in [-0.2, -0.15) is 0 Å². The fourth-order valence-corrected chi connectivity index (χ4v) is 2.84. The molecule has 2 aromatic carbocycles. The highest BCUT2D eigenvalue weighted by Gasteiger charge is 2.09. The molecule has 0 atom stereocenters. The predicted octanol–water partition coefficient (Wildman–Crippen LogP) is 4.22. The van der Waals surface area contributed by atoms with E-state index in [9.17, 15) is 9.59 Å². The Labute approximate surface area is 160 Å². The monoisotopic (exact) mass is 369 g/mol. The summed E-state index contributed by atoms with van der Waals surface area (Å²) in [6.07, 6.45) is 4.52. The number of hydroxylamine groups is 1. The van der Waals surface area contributed by atoms with E-state index in [1.54, 1.807) is 5.48 Å². The smallest absolute Gasteiger partial charge is 0.243 e. The van der Waals surface area contributed by atoms with Crippen LogP contribution < -0.4 is 10.2 Å². The van der Waals surface area contributed by atoms with Crippen molar-refractivity contribution in [1.82, 2.24) is 5.48 Å². The SMILES string of the molecule is O=C(CCCCCCC(=O)NO)Cc1ccccc1OCc1ccccc1. The second-order valence-electron chi connectivity index (χ2n) is 6.55. The highest BCUT2D eigenvalue weighted by atomic mass is 16.5. The molecule has 0 bridgehead atoms. The zero-order valence-corrected chi connectivity index (χ0v) is 15.5. The van der Waals surface area contributed by atoms with Crippen LogP contribution in [-0.4, -0.2) is 16.9 Å². The van der Waals surface area contributed by atoms with Gasteiger partial charge in [-0.15, -0.1) is 0 Å². The fourth-order valence-electron chi connectivity index (χ4n) is 2.84. The van der Waals surface area contributed by atoms with E-state index in [4.69, 9.17) is 9.94 Å². The van der Waals surface area contributed by atoms with Crippen molar-refractivity contribution in [3.8, 4) is 5.75 Å². The Morgan fingerprint density at radius 3 is 2.26 bits per heavy atom. The zero-order chi connectivity index (χ0) is 19.3. The third kappa shape index (κ3) is 8.05. The predicted molar refractivity (Wildman–Crippen MR) is 104 cm³/mol. The summed E-state index contributed by atoms with van der Waals surface area (Å²) in [5.41, 5.74) is 3.63. The standard InChI is InChI=1S/C22H27NO4/c24-20(13-6-1-2-7-15-22(25)23-26)16-19-12-8-9-14-21(19)27-17-18-10-4-3-5-11-18/h3-5,8-12,14,26H,1-2,6-7,13,15-17H2,(H,23,25). The molecule has 5 nitrogen and oxygen atoms in total. The Balaban J connectivity index is 1.73. The minimum absolute atomic E-state index is 0.193. The average molecular weight is 369 g/mol. The van der Waals surface area contributed by atoms with Crippen molar-refractivity contribution in [1.29, 1.82) is 0 Å². The molecule has 27 heavy (non-hydrogen) atoms. The number of rotatable bonds is 12. The Hall–Kier alpha value is -2.66. The fraction of sp³-hybridized carbons (Fsp3) is 0.364. The van der Waals surface area contributed by atoms with Gasteiger partial charge in [-0.1, -0.05) is 61.4 Å². The number of Topliss-reactive ketones (excluding diaryl/α,β-unsaturated/α-hetero) is 1. The quantitative estimate of drug-likeness (QED) is 0.334. The summed E-state index contributed by atoms with van der Waals surface area (Å²) in [5, 5.41) is 8.42. The first-order valence-corrected chi connectivity index (χ1v) is 9.38. The van der Waals surface area contributed by atoms with Crippen LogP contribution in [0.15, 0.2) is 54.6 Å². The number of benzene rings is 2. The highest BCUT2D eigenvalue weighted by molar-refractivity contribution is 5.81. The molecule has 0 aliphatic rings. The molecule has 2 rings (SSSR count). The first kappa shape index (κ1) is 20.6. The van der Waals surface area contributed by atoms with Crippen LogP contribution in [0.4, 0.5) is 0 Å². The number of hydrogen-bond donors (Lipinski definition) is 2. The number of amides is 1. The summed E-state index contributed by atoms with van der Waals surface area (Å²) in [4.78, 5) is 23.2. The second-order valence-corrected chi connectivity index (χ2v) is 6.55. The summed E-state index contributed by atoms with van der Waals surface area (Å²) >= 11 is 0. The third-order valence-electron chi connectivity index (χ3n) is 4.33. The lowest BCUT2D eigenvalue weighted by Gasteiger charge is -2.11. The molecule has 0 spiro atoms. The number of unbranched alkanes of at least 4 members (excludes halogenated alkanes) is 3. The van der Waals surface area contributed by atoms with Crippen molar-refractivity contribution >= 4 is 11.7 Å². The molecular formula is C22H27NO4. The Bertz CT molecular complexity index is 715. The topological polar surface area (TPSA) is 75.6 Å². The van der Waals surface area contributed by atoms with Gasteiger partial charge in [-0.3, -0.25) is 14.8 Å². The summed E-state index contributed by atoms with van der Waals surface area (Å²) < 4.78 is 5.90. The van der Waals surface area contributed by atoms with E-state index in [0.29, 0.717) is 25.9 Å². The molecular weight excluding hydrogens is 342 g/mol. The number of nitrogens with one attached hydrogen (secondary N) is 1. The van der Waals surface area contributed by atoms with Gasteiger partial charge in [-0.25, -0.2) is 5.48 Å². The van der Waals surface area contributed by atoms with Crippen molar-refractivity contribution in [2.24, 2.45) is 0 Å². The molecule has 0 unspecified atom stereocenters. The molecule has 5 heteroatoms. The van der Waals surface area contributed by atoms with Gasteiger partial charge in [0.15, 0.2) is 0 Å². The van der Waals surface area contributed by atoms with Crippen LogP contribution in [0.5, 0.6) is 5.75 Å². The maximum atomic E-state index is 12.3. The van der Waals surface area contributed by atoms with Crippen molar-refractivity contribution in [2.45, 2.75) is 51.6 Å². The molecule has 0 aliphatic carbocycles. The Kier molecular flexibility index (Phi) is 9.07. The average Bonchev–Trinajstić information content (AvgIpc) is 2.70. The molecule has 144 valence electrons. The first-order chi connectivity index (χ1) is 13.2. The molecule has 0 saturated heterocycles. The van der Waals surface area contributed by atoms with Crippen LogP contribution in [-0.2, 0) is 22.6 Å². The zero-order valence-electron chi connectivity index (χ0n) is 15.5. The van der Waals surface area contributed by atoms with E-state index < -0.39 is 0 Å². The Morgan fingerprint density at radius 2 is 1.52 bits per heavy atom. The number of ketones is 1. The normalized spacial score (nSPS) is 10.4.